The van der Waals surface area contributed by atoms with Gasteiger partial charge in [0.15, 0.2) is 5.82 Å². The van der Waals surface area contributed by atoms with Crippen LogP contribution in [-0.2, 0) is 0 Å². The Morgan fingerprint density at radius 1 is 1.00 bits per heavy atom. The van der Waals surface area contributed by atoms with Crippen molar-refractivity contribution >= 4 is 5.82 Å². The van der Waals surface area contributed by atoms with E-state index >= 15 is 0 Å². The number of aromatic nitrogens is 3. The summed E-state index contributed by atoms with van der Waals surface area (Å²) in [5, 5.41) is 12.7. The zero-order valence-electron chi connectivity index (χ0n) is 16.0. The summed E-state index contributed by atoms with van der Waals surface area (Å²) in [6, 6.07) is 10.4. The van der Waals surface area contributed by atoms with Gasteiger partial charge in [-0.2, -0.15) is 0 Å². The van der Waals surface area contributed by atoms with Crippen molar-refractivity contribution in [1.82, 2.24) is 25.4 Å². The number of hydrogen-bond acceptors (Lipinski definition) is 6. The zero-order valence-corrected chi connectivity index (χ0v) is 16.0. The maximum Gasteiger partial charge on any atom is 0.151 e. The van der Waals surface area contributed by atoms with Crippen molar-refractivity contribution in [2.24, 2.45) is 5.92 Å². The number of piperidine rings is 1. The van der Waals surface area contributed by atoms with E-state index in [0.717, 1.165) is 54.7 Å². The normalized spacial score (nSPS) is 28.3. The summed E-state index contributed by atoms with van der Waals surface area (Å²) in [7, 11) is 2.31. The second-order valence-electron chi connectivity index (χ2n) is 8.41. The van der Waals surface area contributed by atoms with Crippen molar-refractivity contribution in [2.75, 3.05) is 31.6 Å². The van der Waals surface area contributed by atoms with Gasteiger partial charge in [-0.3, -0.25) is 4.98 Å². The Kier molecular flexibility index (Phi) is 4.53. The lowest BCUT2D eigenvalue weighted by molar-refractivity contribution is 0.145. The molecule has 5 rings (SSSR count). The van der Waals surface area contributed by atoms with E-state index in [-0.39, 0.29) is 0 Å². The molecule has 2 aromatic rings. The summed E-state index contributed by atoms with van der Waals surface area (Å²) in [5.41, 5.74) is 1.96. The molecule has 6 heteroatoms. The topological polar surface area (TPSA) is 57.2 Å². The summed E-state index contributed by atoms with van der Waals surface area (Å²) < 4.78 is 0. The number of fused-ring (bicyclic) bond motifs is 2. The molecular formula is C21H28N6. The monoisotopic (exact) mass is 364 g/mol. The van der Waals surface area contributed by atoms with Crippen molar-refractivity contribution < 1.29 is 0 Å². The average molecular weight is 364 g/mol. The fourth-order valence-corrected chi connectivity index (χ4v) is 4.97. The van der Waals surface area contributed by atoms with Crippen molar-refractivity contribution in [3.63, 3.8) is 0 Å². The first kappa shape index (κ1) is 17.1. The van der Waals surface area contributed by atoms with Gasteiger partial charge in [-0.05, 0) is 57.0 Å². The summed E-state index contributed by atoms with van der Waals surface area (Å²) in [5.74, 6) is 1.71. The highest BCUT2D eigenvalue weighted by Gasteiger charge is 2.38. The lowest BCUT2D eigenvalue weighted by Gasteiger charge is -2.42. The number of rotatable bonds is 5. The van der Waals surface area contributed by atoms with E-state index in [4.69, 9.17) is 0 Å². The van der Waals surface area contributed by atoms with Crippen LogP contribution in [0.5, 0.6) is 0 Å². The van der Waals surface area contributed by atoms with Gasteiger partial charge in [-0.15, -0.1) is 10.2 Å². The number of hydrogen-bond donors (Lipinski definition) is 1. The fourth-order valence-electron chi connectivity index (χ4n) is 4.97. The van der Waals surface area contributed by atoms with E-state index in [0.29, 0.717) is 6.04 Å². The molecule has 2 bridgehead atoms. The van der Waals surface area contributed by atoms with Gasteiger partial charge in [-0.25, -0.2) is 0 Å². The molecule has 1 N–H and O–H groups in total. The van der Waals surface area contributed by atoms with Gasteiger partial charge in [0.05, 0.1) is 5.69 Å². The number of nitrogens with one attached hydrogen (secondary N) is 1. The SMILES string of the molecule is CN1C2CCC1CC(NCC1CN(c3ccc(-c4ccncc4)nn3)C1)C2. The highest BCUT2D eigenvalue weighted by atomic mass is 15.3. The van der Waals surface area contributed by atoms with Gasteiger partial charge in [0.25, 0.3) is 0 Å². The molecular weight excluding hydrogens is 336 g/mol. The van der Waals surface area contributed by atoms with Gasteiger partial charge >= 0.3 is 0 Å². The molecule has 3 aliphatic heterocycles. The van der Waals surface area contributed by atoms with E-state index in [1.54, 1.807) is 12.4 Å². The molecule has 0 spiro atoms. The third-order valence-corrected chi connectivity index (χ3v) is 6.70. The van der Waals surface area contributed by atoms with E-state index < -0.39 is 0 Å². The number of anilines is 1. The van der Waals surface area contributed by atoms with Crippen molar-refractivity contribution in [2.45, 2.75) is 43.8 Å². The molecule has 0 radical (unpaired) electrons. The van der Waals surface area contributed by atoms with Crippen LogP contribution in [0.3, 0.4) is 0 Å². The Hall–Kier alpha value is -2.05. The van der Waals surface area contributed by atoms with Gasteiger partial charge in [0, 0.05) is 61.6 Å². The Balaban J connectivity index is 1.10. The second kappa shape index (κ2) is 7.17. The minimum atomic E-state index is 0.715. The quantitative estimate of drug-likeness (QED) is 0.878. The van der Waals surface area contributed by atoms with Crippen LogP contribution in [0.1, 0.15) is 25.7 Å². The molecule has 0 aromatic carbocycles. The molecule has 3 saturated heterocycles. The largest absolute Gasteiger partial charge is 0.354 e. The van der Waals surface area contributed by atoms with Crippen LogP contribution in [-0.4, -0.2) is 64.9 Å². The number of pyridine rings is 1. The van der Waals surface area contributed by atoms with Gasteiger partial charge < -0.3 is 15.1 Å². The highest BCUT2D eigenvalue weighted by Crippen LogP contribution is 2.34. The first-order valence-corrected chi connectivity index (χ1v) is 10.2. The Morgan fingerprint density at radius 2 is 1.74 bits per heavy atom. The average Bonchev–Trinajstić information content (AvgIpc) is 2.89. The molecule has 3 aliphatic rings. The molecule has 2 aromatic heterocycles. The number of nitrogens with zero attached hydrogens (tertiary/aromatic N) is 5. The van der Waals surface area contributed by atoms with E-state index in [1.165, 1.54) is 25.7 Å². The minimum absolute atomic E-state index is 0.715. The van der Waals surface area contributed by atoms with Crippen molar-refractivity contribution in [1.29, 1.82) is 0 Å². The third kappa shape index (κ3) is 3.44. The summed E-state index contributed by atoms with van der Waals surface area (Å²) in [4.78, 5) is 8.99. The summed E-state index contributed by atoms with van der Waals surface area (Å²) in [6.45, 7) is 3.29. The standard InChI is InChI=1S/C21H28N6/c1-26-18-2-3-19(26)11-17(10-18)23-12-15-13-27(14-15)21-5-4-20(24-25-21)16-6-8-22-9-7-16/h4-9,15,17-19,23H,2-3,10-14H2,1H3. The summed E-state index contributed by atoms with van der Waals surface area (Å²) >= 11 is 0. The Bertz CT molecular complexity index is 744. The lowest BCUT2D eigenvalue weighted by Crippen LogP contribution is -2.54. The first-order chi connectivity index (χ1) is 13.3. The van der Waals surface area contributed by atoms with Gasteiger partial charge in [0.1, 0.15) is 0 Å². The van der Waals surface area contributed by atoms with E-state index in [1.807, 2.05) is 12.1 Å². The molecule has 0 amide bonds. The molecule has 5 heterocycles. The highest BCUT2D eigenvalue weighted by molar-refractivity contribution is 5.59. The molecule has 27 heavy (non-hydrogen) atoms. The predicted molar refractivity (Wildman–Crippen MR) is 107 cm³/mol. The van der Waals surface area contributed by atoms with Crippen molar-refractivity contribution in [3.8, 4) is 11.3 Å². The summed E-state index contributed by atoms with van der Waals surface area (Å²) in [6.07, 6.45) is 9.01. The minimum Gasteiger partial charge on any atom is -0.354 e. The maximum atomic E-state index is 4.43. The molecule has 6 nitrogen and oxygen atoms in total. The van der Waals surface area contributed by atoms with Crippen LogP contribution >= 0.6 is 0 Å². The van der Waals surface area contributed by atoms with Crippen LogP contribution in [0.2, 0.25) is 0 Å². The van der Waals surface area contributed by atoms with Crippen LogP contribution in [0.4, 0.5) is 5.82 Å². The molecule has 2 atom stereocenters. The van der Waals surface area contributed by atoms with Crippen LogP contribution < -0.4 is 10.2 Å². The molecule has 0 saturated carbocycles. The van der Waals surface area contributed by atoms with Gasteiger partial charge in [0.2, 0.25) is 0 Å². The Labute approximate surface area is 161 Å². The predicted octanol–water partition coefficient (Wildman–Crippen LogP) is 2.19. The lowest BCUT2D eigenvalue weighted by atomic mass is 9.95. The van der Waals surface area contributed by atoms with Crippen LogP contribution in [0.15, 0.2) is 36.7 Å². The molecule has 142 valence electrons. The third-order valence-electron chi connectivity index (χ3n) is 6.70. The first-order valence-electron chi connectivity index (χ1n) is 10.2. The fraction of sp³-hybridized carbons (Fsp3) is 0.571. The smallest absolute Gasteiger partial charge is 0.151 e. The van der Waals surface area contributed by atoms with Crippen LogP contribution in [0, 0.1) is 5.92 Å². The van der Waals surface area contributed by atoms with E-state index in [2.05, 4.69) is 49.5 Å². The molecule has 2 unspecified atom stereocenters. The van der Waals surface area contributed by atoms with E-state index in [9.17, 15) is 0 Å². The molecule has 0 aliphatic carbocycles. The van der Waals surface area contributed by atoms with Crippen molar-refractivity contribution in [3.05, 3.63) is 36.7 Å². The zero-order chi connectivity index (χ0) is 18.2. The van der Waals surface area contributed by atoms with Crippen LogP contribution in [0.25, 0.3) is 11.3 Å². The Morgan fingerprint density at radius 3 is 2.41 bits per heavy atom. The van der Waals surface area contributed by atoms with Gasteiger partial charge in [-0.1, -0.05) is 0 Å². The molecule has 3 fully saturated rings. The second-order valence-corrected chi connectivity index (χ2v) is 8.41. The maximum absolute atomic E-state index is 4.43.